The number of carbonyl (C=O) groups is 1. The van der Waals surface area contributed by atoms with Gasteiger partial charge < -0.3 is 19.2 Å². The minimum absolute atomic E-state index is 0.152. The Hall–Kier alpha value is -2.27. The first kappa shape index (κ1) is 15.6. The van der Waals surface area contributed by atoms with Crippen LogP contribution >= 0.6 is 0 Å². The molecule has 1 amide bonds. The number of amides is 1. The Kier molecular flexibility index (Phi) is 4.67. The largest absolute Gasteiger partial charge is 0.426 e. The maximum Gasteiger partial charge on any atom is 0.290 e. The number of benzene rings is 1. The summed E-state index contributed by atoms with van der Waals surface area (Å²) in [4.78, 5) is 14.0. The number of para-hydroxylation sites is 1. The maximum absolute atomic E-state index is 12.4. The third kappa shape index (κ3) is 3.74. The fourth-order valence-corrected chi connectivity index (χ4v) is 2.95. The molecule has 0 bridgehead atoms. The number of furan rings is 1. The molecule has 2 atom stereocenters. The van der Waals surface area contributed by atoms with Crippen LogP contribution in [0.1, 0.15) is 29.8 Å². The summed E-state index contributed by atoms with van der Waals surface area (Å²) in [7, 11) is 1.73. The van der Waals surface area contributed by atoms with Crippen LogP contribution < -0.4 is 4.74 Å². The van der Waals surface area contributed by atoms with Gasteiger partial charge in [-0.3, -0.25) is 4.79 Å². The van der Waals surface area contributed by atoms with Gasteiger partial charge >= 0.3 is 0 Å². The number of hydrogen-bond acceptors (Lipinski definition) is 4. The number of hydrogen-bond donors (Lipinski definition) is 1. The summed E-state index contributed by atoms with van der Waals surface area (Å²) in [5.41, 5.74) is 0. The number of rotatable bonds is 5. The molecule has 23 heavy (non-hydrogen) atoms. The van der Waals surface area contributed by atoms with Gasteiger partial charge in [0.2, 0.25) is 0 Å². The zero-order valence-corrected chi connectivity index (χ0v) is 13.1. The molecule has 2 aromatic rings. The van der Waals surface area contributed by atoms with E-state index in [0.717, 1.165) is 19.3 Å². The highest BCUT2D eigenvalue weighted by atomic mass is 16.6. The number of nitrogens with zero attached hydrogens (tertiary/aromatic N) is 1. The molecule has 1 N–H and O–H groups in total. The van der Waals surface area contributed by atoms with Crippen LogP contribution in [0, 0.1) is 5.92 Å². The third-order valence-corrected chi connectivity index (χ3v) is 4.23. The molecule has 0 radical (unpaired) electrons. The van der Waals surface area contributed by atoms with Crippen molar-refractivity contribution < 1.29 is 19.1 Å². The second-order valence-electron chi connectivity index (χ2n) is 5.98. The van der Waals surface area contributed by atoms with Gasteiger partial charge in [0.1, 0.15) is 5.75 Å². The van der Waals surface area contributed by atoms with E-state index < -0.39 is 0 Å². The van der Waals surface area contributed by atoms with E-state index in [1.165, 1.54) is 0 Å². The maximum atomic E-state index is 12.4. The predicted molar refractivity (Wildman–Crippen MR) is 85.5 cm³/mol. The van der Waals surface area contributed by atoms with E-state index in [4.69, 9.17) is 9.15 Å². The predicted octanol–water partition coefficient (Wildman–Crippen LogP) is 3.30. The first-order chi connectivity index (χ1) is 11.1. The Bertz CT molecular complexity index is 652. The molecular weight excluding hydrogens is 294 g/mol. The van der Waals surface area contributed by atoms with E-state index in [9.17, 15) is 9.90 Å². The van der Waals surface area contributed by atoms with Crippen LogP contribution in [0.25, 0.3) is 0 Å². The van der Waals surface area contributed by atoms with Crippen molar-refractivity contribution in [2.24, 2.45) is 5.92 Å². The lowest BCUT2D eigenvalue weighted by Gasteiger charge is -2.22. The van der Waals surface area contributed by atoms with Crippen LogP contribution in [0.3, 0.4) is 0 Å². The van der Waals surface area contributed by atoms with E-state index in [-0.39, 0.29) is 29.6 Å². The normalized spacial score (nSPS) is 20.4. The minimum atomic E-state index is -0.307. The molecule has 1 aromatic carbocycles. The highest BCUT2D eigenvalue weighted by molar-refractivity contribution is 5.91. The van der Waals surface area contributed by atoms with E-state index in [1.807, 2.05) is 30.3 Å². The molecular formula is C18H21NO4. The number of carbonyl (C=O) groups excluding carboxylic acids is 1. The molecule has 5 heteroatoms. The topological polar surface area (TPSA) is 62.9 Å². The van der Waals surface area contributed by atoms with Crippen molar-refractivity contribution in [2.75, 3.05) is 13.6 Å². The third-order valence-electron chi connectivity index (χ3n) is 4.23. The fourth-order valence-electron chi connectivity index (χ4n) is 2.95. The zero-order chi connectivity index (χ0) is 16.2. The van der Waals surface area contributed by atoms with E-state index in [0.29, 0.717) is 12.3 Å². The molecule has 1 saturated carbocycles. The standard InChI is InChI=1S/C18H21NO4/c1-19(12-13-6-5-9-15(13)20)18(21)16-10-11-17(23-16)22-14-7-3-2-4-8-14/h2-4,7-8,10-11,13,15,20H,5-6,9,12H2,1H3. The monoisotopic (exact) mass is 315 g/mol. The van der Waals surface area contributed by atoms with E-state index >= 15 is 0 Å². The number of aliphatic hydroxyl groups excluding tert-OH is 1. The Balaban J connectivity index is 1.61. The van der Waals surface area contributed by atoms with Crippen LogP contribution in [-0.4, -0.2) is 35.6 Å². The Morgan fingerprint density at radius 1 is 1.26 bits per heavy atom. The van der Waals surface area contributed by atoms with Crippen LogP contribution in [0.2, 0.25) is 0 Å². The van der Waals surface area contributed by atoms with E-state index in [1.54, 1.807) is 24.1 Å². The highest BCUT2D eigenvalue weighted by Gasteiger charge is 2.28. The first-order valence-electron chi connectivity index (χ1n) is 7.90. The SMILES string of the molecule is CN(CC1CCCC1O)C(=O)c1ccc(Oc2ccccc2)o1. The van der Waals surface area contributed by atoms with Gasteiger partial charge in [0.15, 0.2) is 5.76 Å². The Labute approximate surface area is 135 Å². The fraction of sp³-hybridized carbons (Fsp3) is 0.389. The summed E-state index contributed by atoms with van der Waals surface area (Å²) < 4.78 is 11.0. The van der Waals surface area contributed by atoms with Gasteiger partial charge in [-0.1, -0.05) is 24.6 Å². The van der Waals surface area contributed by atoms with Gasteiger partial charge in [0.05, 0.1) is 6.10 Å². The van der Waals surface area contributed by atoms with Crippen LogP contribution in [0.15, 0.2) is 46.9 Å². The number of aliphatic hydroxyl groups is 1. The second kappa shape index (κ2) is 6.87. The van der Waals surface area contributed by atoms with Crippen molar-refractivity contribution in [1.29, 1.82) is 0 Å². The second-order valence-corrected chi connectivity index (χ2v) is 5.98. The van der Waals surface area contributed by atoms with Gasteiger partial charge in [0, 0.05) is 25.6 Å². The summed E-state index contributed by atoms with van der Waals surface area (Å²) >= 11 is 0. The average Bonchev–Trinajstić information content (AvgIpc) is 3.17. The zero-order valence-electron chi connectivity index (χ0n) is 13.1. The first-order valence-corrected chi connectivity index (χ1v) is 7.90. The smallest absolute Gasteiger partial charge is 0.290 e. The molecule has 122 valence electrons. The molecule has 1 aliphatic rings. The van der Waals surface area contributed by atoms with Crippen molar-refractivity contribution >= 4 is 5.91 Å². The quantitative estimate of drug-likeness (QED) is 0.919. The molecule has 0 aliphatic heterocycles. The summed E-state index contributed by atoms with van der Waals surface area (Å²) in [5.74, 6) is 1.13. The van der Waals surface area contributed by atoms with Gasteiger partial charge in [-0.05, 0) is 31.0 Å². The lowest BCUT2D eigenvalue weighted by molar-refractivity contribution is 0.0660. The molecule has 1 fully saturated rings. The molecule has 1 aliphatic carbocycles. The van der Waals surface area contributed by atoms with Crippen molar-refractivity contribution in [3.8, 4) is 11.7 Å². The molecule has 0 saturated heterocycles. The van der Waals surface area contributed by atoms with Gasteiger partial charge in [0.25, 0.3) is 11.9 Å². The minimum Gasteiger partial charge on any atom is -0.426 e. The summed E-state index contributed by atoms with van der Waals surface area (Å²) in [6.45, 7) is 0.537. The van der Waals surface area contributed by atoms with E-state index in [2.05, 4.69) is 0 Å². The Morgan fingerprint density at radius 2 is 2.04 bits per heavy atom. The molecule has 1 aromatic heterocycles. The van der Waals surface area contributed by atoms with Crippen LogP contribution in [-0.2, 0) is 0 Å². The van der Waals surface area contributed by atoms with Crippen LogP contribution in [0.4, 0.5) is 0 Å². The van der Waals surface area contributed by atoms with Gasteiger partial charge in [-0.2, -0.15) is 0 Å². The molecule has 3 rings (SSSR count). The van der Waals surface area contributed by atoms with Crippen molar-refractivity contribution in [3.05, 3.63) is 48.2 Å². The molecule has 1 heterocycles. The van der Waals surface area contributed by atoms with Crippen molar-refractivity contribution in [3.63, 3.8) is 0 Å². The Morgan fingerprint density at radius 3 is 2.74 bits per heavy atom. The highest BCUT2D eigenvalue weighted by Crippen LogP contribution is 2.27. The van der Waals surface area contributed by atoms with Crippen molar-refractivity contribution in [1.82, 2.24) is 4.90 Å². The lowest BCUT2D eigenvalue weighted by atomic mass is 10.1. The molecule has 5 nitrogen and oxygen atoms in total. The van der Waals surface area contributed by atoms with Gasteiger partial charge in [-0.25, -0.2) is 0 Å². The number of ether oxygens (including phenoxy) is 1. The average molecular weight is 315 g/mol. The summed E-state index contributed by atoms with van der Waals surface area (Å²) in [6.07, 6.45) is 2.49. The summed E-state index contributed by atoms with van der Waals surface area (Å²) in [6, 6.07) is 12.5. The van der Waals surface area contributed by atoms with Gasteiger partial charge in [-0.15, -0.1) is 0 Å². The molecule has 0 spiro atoms. The lowest BCUT2D eigenvalue weighted by Crippen LogP contribution is -2.34. The summed E-state index contributed by atoms with van der Waals surface area (Å²) in [5, 5.41) is 9.88. The molecule has 2 unspecified atom stereocenters. The van der Waals surface area contributed by atoms with Crippen molar-refractivity contribution in [2.45, 2.75) is 25.4 Å². The van der Waals surface area contributed by atoms with Crippen LogP contribution in [0.5, 0.6) is 11.7 Å².